The Morgan fingerprint density at radius 3 is 2.52 bits per heavy atom. The van der Waals surface area contributed by atoms with Crippen LogP contribution in [0.2, 0.25) is 0 Å². The van der Waals surface area contributed by atoms with Crippen molar-refractivity contribution in [1.29, 1.82) is 5.26 Å². The molecule has 0 N–H and O–H groups in total. The fourth-order valence-corrected chi connectivity index (χ4v) is 3.75. The van der Waals surface area contributed by atoms with E-state index in [-0.39, 0.29) is 5.41 Å². The van der Waals surface area contributed by atoms with Gasteiger partial charge in [0.15, 0.2) is 0 Å². The van der Waals surface area contributed by atoms with Crippen molar-refractivity contribution in [3.63, 3.8) is 0 Å². The van der Waals surface area contributed by atoms with E-state index in [0.717, 1.165) is 27.2 Å². The third-order valence-corrected chi connectivity index (χ3v) is 5.16. The minimum Gasteiger partial charge on any atom is -0.245 e. The van der Waals surface area contributed by atoms with Crippen LogP contribution in [0, 0.1) is 25.2 Å². The van der Waals surface area contributed by atoms with Gasteiger partial charge in [-0.1, -0.05) is 32.5 Å². The lowest BCUT2D eigenvalue weighted by Crippen LogP contribution is -2.10. The zero-order chi connectivity index (χ0) is 15.6. The van der Waals surface area contributed by atoms with Crippen LogP contribution in [0.1, 0.15) is 48.6 Å². The van der Waals surface area contributed by atoms with Crippen molar-refractivity contribution in [2.45, 2.75) is 50.8 Å². The fraction of sp³-hybridized carbons (Fsp3) is 0.467. The van der Waals surface area contributed by atoms with Gasteiger partial charge in [0, 0.05) is 16.5 Å². The van der Waals surface area contributed by atoms with Crippen molar-refractivity contribution in [3.05, 3.63) is 33.2 Å². The quantitative estimate of drug-likeness (QED) is 0.632. The van der Waals surface area contributed by atoms with E-state index in [9.17, 15) is 5.26 Å². The molecule has 0 fully saturated rings. The summed E-state index contributed by atoms with van der Waals surface area (Å²) in [6, 6.07) is 2.19. The number of thiazole rings is 1. The van der Waals surface area contributed by atoms with Crippen LogP contribution in [0.4, 0.5) is 0 Å². The third-order valence-electron chi connectivity index (χ3n) is 2.83. The molecule has 2 aromatic heterocycles. The minimum atomic E-state index is 0.0769. The number of nitriles is 1. The third kappa shape index (κ3) is 3.80. The van der Waals surface area contributed by atoms with Gasteiger partial charge in [-0.2, -0.15) is 5.26 Å². The highest BCUT2D eigenvalue weighted by Crippen LogP contribution is 2.29. The first kappa shape index (κ1) is 15.9. The van der Waals surface area contributed by atoms with Crippen molar-refractivity contribution in [3.8, 4) is 6.07 Å². The molecule has 0 amide bonds. The van der Waals surface area contributed by atoms with E-state index in [1.54, 1.807) is 23.1 Å². The van der Waals surface area contributed by atoms with E-state index in [4.69, 9.17) is 0 Å². The number of aromatic nitrogens is 3. The van der Waals surface area contributed by atoms with Crippen LogP contribution in [0.25, 0.3) is 0 Å². The van der Waals surface area contributed by atoms with E-state index in [1.807, 2.05) is 13.8 Å². The Morgan fingerprint density at radius 2 is 1.95 bits per heavy atom. The van der Waals surface area contributed by atoms with E-state index < -0.39 is 0 Å². The molecule has 6 heteroatoms. The summed E-state index contributed by atoms with van der Waals surface area (Å²) in [6.45, 7) is 10.2. The predicted octanol–water partition coefficient (Wildman–Crippen LogP) is 4.01. The van der Waals surface area contributed by atoms with Crippen LogP contribution < -0.4 is 0 Å². The molecule has 0 saturated heterocycles. The van der Waals surface area contributed by atoms with Gasteiger partial charge in [-0.25, -0.2) is 15.0 Å². The summed E-state index contributed by atoms with van der Waals surface area (Å²) in [5.41, 5.74) is 2.42. The molecule has 0 aromatic carbocycles. The van der Waals surface area contributed by atoms with E-state index in [2.05, 4.69) is 47.2 Å². The lowest BCUT2D eigenvalue weighted by molar-refractivity contribution is 0.584. The summed E-state index contributed by atoms with van der Waals surface area (Å²) in [5.74, 6) is 1.42. The Morgan fingerprint density at radius 1 is 1.24 bits per heavy atom. The van der Waals surface area contributed by atoms with Crippen molar-refractivity contribution >= 4 is 23.1 Å². The number of hydrogen-bond donors (Lipinski definition) is 0. The lowest BCUT2D eigenvalue weighted by Gasteiger charge is -2.13. The molecule has 0 aliphatic heterocycles. The second-order valence-electron chi connectivity index (χ2n) is 5.83. The molecule has 2 heterocycles. The first-order chi connectivity index (χ1) is 9.81. The summed E-state index contributed by atoms with van der Waals surface area (Å²) in [7, 11) is 0. The topological polar surface area (TPSA) is 62.5 Å². The van der Waals surface area contributed by atoms with Crippen LogP contribution in [-0.2, 0) is 11.2 Å². The highest BCUT2D eigenvalue weighted by Gasteiger charge is 2.18. The minimum absolute atomic E-state index is 0.0769. The second-order valence-corrected chi connectivity index (χ2v) is 7.65. The average molecular weight is 318 g/mol. The maximum absolute atomic E-state index is 9.24. The molecule has 21 heavy (non-hydrogen) atoms. The number of hydrogen-bond acceptors (Lipinski definition) is 6. The van der Waals surface area contributed by atoms with Crippen LogP contribution >= 0.6 is 23.1 Å². The zero-order valence-corrected chi connectivity index (χ0v) is 14.5. The van der Waals surface area contributed by atoms with Crippen molar-refractivity contribution in [2.75, 3.05) is 0 Å². The lowest BCUT2D eigenvalue weighted by atomic mass is 9.98. The van der Waals surface area contributed by atoms with Gasteiger partial charge in [-0.05, 0) is 13.8 Å². The van der Waals surface area contributed by atoms with E-state index >= 15 is 0 Å². The Kier molecular flexibility index (Phi) is 4.64. The van der Waals surface area contributed by atoms with Gasteiger partial charge in [0.1, 0.15) is 22.5 Å². The van der Waals surface area contributed by atoms with E-state index in [1.165, 1.54) is 0 Å². The van der Waals surface area contributed by atoms with Gasteiger partial charge in [-0.15, -0.1) is 11.3 Å². The molecular weight excluding hydrogens is 300 g/mol. The molecule has 0 radical (unpaired) electrons. The summed E-state index contributed by atoms with van der Waals surface area (Å²) >= 11 is 3.23. The van der Waals surface area contributed by atoms with Gasteiger partial charge >= 0.3 is 0 Å². The molecule has 0 aliphatic carbocycles. The number of thioether (sulfide) groups is 1. The highest BCUT2D eigenvalue weighted by molar-refractivity contribution is 7.98. The second kappa shape index (κ2) is 6.12. The van der Waals surface area contributed by atoms with Crippen LogP contribution in [0.15, 0.2) is 10.4 Å². The SMILES string of the molecule is Cc1nc(C)c(C#N)c(SCc2csc(C(C)(C)C)n2)n1. The fourth-order valence-electron chi connectivity index (χ4n) is 1.77. The van der Waals surface area contributed by atoms with Gasteiger partial charge < -0.3 is 0 Å². The first-order valence-electron chi connectivity index (χ1n) is 6.64. The number of rotatable bonds is 3. The Balaban J connectivity index is 2.17. The Bertz CT molecular complexity index is 693. The molecule has 4 nitrogen and oxygen atoms in total. The Hall–Kier alpha value is -1.45. The maximum Gasteiger partial charge on any atom is 0.126 e. The molecule has 2 rings (SSSR count). The molecule has 0 spiro atoms. The van der Waals surface area contributed by atoms with Gasteiger partial charge in [0.25, 0.3) is 0 Å². The monoisotopic (exact) mass is 318 g/mol. The molecule has 0 bridgehead atoms. The summed E-state index contributed by atoms with van der Waals surface area (Å²) in [6.07, 6.45) is 0. The summed E-state index contributed by atoms with van der Waals surface area (Å²) < 4.78 is 0. The van der Waals surface area contributed by atoms with Crippen molar-refractivity contribution < 1.29 is 0 Å². The molecule has 2 aromatic rings. The molecule has 110 valence electrons. The smallest absolute Gasteiger partial charge is 0.126 e. The zero-order valence-electron chi connectivity index (χ0n) is 12.9. The number of aryl methyl sites for hydroxylation is 2. The molecule has 0 atom stereocenters. The predicted molar refractivity (Wildman–Crippen MR) is 86.6 cm³/mol. The molecular formula is C15H18N4S2. The van der Waals surface area contributed by atoms with Gasteiger partial charge in [-0.3, -0.25) is 0 Å². The number of nitrogens with zero attached hydrogens (tertiary/aromatic N) is 4. The standard InChI is InChI=1S/C15H18N4S2/c1-9-12(6-16)13(18-10(2)17-9)20-7-11-8-21-14(19-11)15(3,4)5/h8H,7H2,1-5H3. The van der Waals surface area contributed by atoms with Crippen molar-refractivity contribution in [1.82, 2.24) is 15.0 Å². The Labute approximate surface area is 133 Å². The summed E-state index contributed by atoms with van der Waals surface area (Å²) in [5, 5.41) is 13.2. The average Bonchev–Trinajstić information content (AvgIpc) is 2.84. The summed E-state index contributed by atoms with van der Waals surface area (Å²) in [4.78, 5) is 13.3. The van der Waals surface area contributed by atoms with Crippen LogP contribution in [-0.4, -0.2) is 15.0 Å². The normalized spacial score (nSPS) is 11.4. The largest absolute Gasteiger partial charge is 0.245 e. The molecule has 0 aliphatic rings. The maximum atomic E-state index is 9.24. The molecule has 0 unspecified atom stereocenters. The van der Waals surface area contributed by atoms with Crippen LogP contribution in [0.5, 0.6) is 0 Å². The van der Waals surface area contributed by atoms with Crippen molar-refractivity contribution in [2.24, 2.45) is 0 Å². The first-order valence-corrected chi connectivity index (χ1v) is 8.51. The van der Waals surface area contributed by atoms with Crippen LogP contribution in [0.3, 0.4) is 0 Å². The van der Waals surface area contributed by atoms with Gasteiger partial charge in [0.2, 0.25) is 0 Å². The van der Waals surface area contributed by atoms with E-state index in [0.29, 0.717) is 11.4 Å². The molecule has 0 saturated carbocycles. The highest BCUT2D eigenvalue weighted by atomic mass is 32.2. The van der Waals surface area contributed by atoms with Gasteiger partial charge in [0.05, 0.1) is 16.4 Å².